The molecule has 0 saturated carbocycles. The number of nitrogens with one attached hydrogen (secondary N) is 3. The first kappa shape index (κ1) is 18.4. The van der Waals surface area contributed by atoms with E-state index < -0.39 is 6.04 Å². The molecule has 24 heavy (non-hydrogen) atoms. The monoisotopic (exact) mass is 338 g/mol. The molecule has 0 unspecified atom stereocenters. The van der Waals surface area contributed by atoms with Crippen LogP contribution in [-0.2, 0) is 19.2 Å². The summed E-state index contributed by atoms with van der Waals surface area (Å²) in [6.45, 7) is 3.05. The van der Waals surface area contributed by atoms with Crippen molar-refractivity contribution < 1.29 is 19.2 Å². The number of Topliss-reactive ketones (excluding diaryl/α,β-unsaturated/α-hetero) is 1. The Morgan fingerprint density at radius 3 is 2.58 bits per heavy atom. The summed E-state index contributed by atoms with van der Waals surface area (Å²) in [7, 11) is 0. The van der Waals surface area contributed by atoms with Gasteiger partial charge in [-0.3, -0.25) is 19.2 Å². The van der Waals surface area contributed by atoms with E-state index in [1.165, 1.54) is 6.92 Å². The Labute approximate surface area is 141 Å². The van der Waals surface area contributed by atoms with Crippen molar-refractivity contribution in [3.05, 3.63) is 0 Å². The smallest absolute Gasteiger partial charge is 0.242 e. The van der Waals surface area contributed by atoms with Gasteiger partial charge in [0.05, 0.1) is 12.6 Å². The van der Waals surface area contributed by atoms with Gasteiger partial charge in [0, 0.05) is 19.5 Å². The highest BCUT2D eigenvalue weighted by Gasteiger charge is 2.37. The van der Waals surface area contributed by atoms with Crippen LogP contribution in [0, 0.1) is 0 Å². The summed E-state index contributed by atoms with van der Waals surface area (Å²) < 4.78 is 0. The molecule has 0 aliphatic carbocycles. The lowest BCUT2D eigenvalue weighted by Crippen LogP contribution is -2.51. The van der Waals surface area contributed by atoms with Gasteiger partial charge in [0.2, 0.25) is 17.7 Å². The Kier molecular flexibility index (Phi) is 6.72. The molecule has 2 saturated heterocycles. The fraction of sp³-hybridized carbons (Fsp3) is 0.750. The van der Waals surface area contributed by atoms with Crippen molar-refractivity contribution in [1.29, 1.82) is 0 Å². The highest BCUT2D eigenvalue weighted by Crippen LogP contribution is 2.20. The number of hydrogen-bond donors (Lipinski definition) is 3. The van der Waals surface area contributed by atoms with E-state index in [1.807, 2.05) is 0 Å². The maximum Gasteiger partial charge on any atom is 0.242 e. The van der Waals surface area contributed by atoms with Gasteiger partial charge in [-0.25, -0.2) is 0 Å². The summed E-state index contributed by atoms with van der Waals surface area (Å²) in [5.41, 5.74) is 0. The van der Waals surface area contributed by atoms with E-state index >= 15 is 0 Å². The Hall–Kier alpha value is -1.96. The number of rotatable bonds is 7. The van der Waals surface area contributed by atoms with Crippen molar-refractivity contribution in [2.45, 2.75) is 51.1 Å². The normalized spacial score (nSPS) is 23.1. The zero-order chi connectivity index (χ0) is 17.5. The molecule has 0 radical (unpaired) electrons. The Bertz CT molecular complexity index is 502. The first-order valence-electron chi connectivity index (χ1n) is 8.56. The van der Waals surface area contributed by atoms with E-state index in [0.717, 1.165) is 25.8 Å². The second-order valence-corrected chi connectivity index (χ2v) is 6.36. The molecule has 8 nitrogen and oxygen atoms in total. The van der Waals surface area contributed by atoms with Crippen molar-refractivity contribution in [2.75, 3.05) is 26.2 Å². The number of amides is 3. The number of nitrogens with zero attached hydrogens (tertiary/aromatic N) is 1. The minimum absolute atomic E-state index is 0.00403. The van der Waals surface area contributed by atoms with Crippen molar-refractivity contribution in [3.8, 4) is 0 Å². The van der Waals surface area contributed by atoms with Gasteiger partial charge in [-0.1, -0.05) is 0 Å². The van der Waals surface area contributed by atoms with Crippen LogP contribution in [0.5, 0.6) is 0 Å². The lowest BCUT2D eigenvalue weighted by molar-refractivity contribution is -0.139. The van der Waals surface area contributed by atoms with Gasteiger partial charge < -0.3 is 20.9 Å². The van der Waals surface area contributed by atoms with Crippen LogP contribution in [0.4, 0.5) is 0 Å². The number of ketones is 1. The van der Waals surface area contributed by atoms with Crippen LogP contribution in [0.15, 0.2) is 0 Å². The molecule has 0 bridgehead atoms. The average molecular weight is 338 g/mol. The molecule has 2 atom stereocenters. The van der Waals surface area contributed by atoms with Crippen LogP contribution in [-0.4, -0.2) is 66.7 Å². The predicted molar refractivity (Wildman–Crippen MR) is 87.1 cm³/mol. The average Bonchev–Trinajstić information content (AvgIpc) is 3.23. The SMILES string of the molecule is CC(=O)CNC(=O)CCNC(=O)[C@@H]1CCCN1C(=O)[C@H]1CCCN1. The summed E-state index contributed by atoms with van der Waals surface area (Å²) in [5, 5.41) is 8.37. The van der Waals surface area contributed by atoms with Gasteiger partial charge in [-0.15, -0.1) is 0 Å². The molecule has 2 aliphatic rings. The van der Waals surface area contributed by atoms with Crippen LogP contribution in [0.2, 0.25) is 0 Å². The quantitative estimate of drug-likeness (QED) is 0.548. The lowest BCUT2D eigenvalue weighted by Gasteiger charge is -2.26. The first-order chi connectivity index (χ1) is 11.5. The van der Waals surface area contributed by atoms with Crippen LogP contribution < -0.4 is 16.0 Å². The van der Waals surface area contributed by atoms with Gasteiger partial charge in [-0.2, -0.15) is 0 Å². The van der Waals surface area contributed by atoms with Gasteiger partial charge >= 0.3 is 0 Å². The summed E-state index contributed by atoms with van der Waals surface area (Å²) in [5.74, 6) is -0.601. The molecule has 2 aliphatic heterocycles. The number of carbonyl (C=O) groups is 4. The van der Waals surface area contributed by atoms with E-state index in [2.05, 4.69) is 16.0 Å². The molecule has 2 heterocycles. The Morgan fingerprint density at radius 2 is 1.92 bits per heavy atom. The summed E-state index contributed by atoms with van der Waals surface area (Å²) in [6.07, 6.45) is 3.39. The van der Waals surface area contributed by atoms with Crippen molar-refractivity contribution in [1.82, 2.24) is 20.9 Å². The number of carbonyl (C=O) groups excluding carboxylic acids is 4. The fourth-order valence-electron chi connectivity index (χ4n) is 3.13. The number of likely N-dealkylation sites (tertiary alicyclic amines) is 1. The molecule has 2 fully saturated rings. The first-order valence-corrected chi connectivity index (χ1v) is 8.56. The number of hydrogen-bond acceptors (Lipinski definition) is 5. The molecule has 3 N–H and O–H groups in total. The second kappa shape index (κ2) is 8.77. The maximum absolute atomic E-state index is 12.5. The highest BCUT2D eigenvalue weighted by molar-refractivity contribution is 5.91. The van der Waals surface area contributed by atoms with Gasteiger partial charge in [0.15, 0.2) is 0 Å². The molecular weight excluding hydrogens is 312 g/mol. The Balaban J connectivity index is 1.75. The van der Waals surface area contributed by atoms with E-state index in [9.17, 15) is 19.2 Å². The molecule has 0 aromatic carbocycles. The zero-order valence-corrected chi connectivity index (χ0v) is 14.1. The highest BCUT2D eigenvalue weighted by atomic mass is 16.2. The summed E-state index contributed by atoms with van der Waals surface area (Å²) in [6, 6.07) is -0.615. The van der Waals surface area contributed by atoms with Crippen molar-refractivity contribution >= 4 is 23.5 Å². The predicted octanol–water partition coefficient (Wildman–Crippen LogP) is -1.06. The largest absolute Gasteiger partial charge is 0.354 e. The zero-order valence-electron chi connectivity index (χ0n) is 14.1. The molecule has 3 amide bonds. The van der Waals surface area contributed by atoms with E-state index in [-0.39, 0.29) is 49.1 Å². The van der Waals surface area contributed by atoms with Crippen LogP contribution >= 0.6 is 0 Å². The van der Waals surface area contributed by atoms with Crippen LogP contribution in [0.1, 0.15) is 39.0 Å². The lowest BCUT2D eigenvalue weighted by atomic mass is 10.1. The minimum atomic E-state index is -0.444. The second-order valence-electron chi connectivity index (χ2n) is 6.36. The molecule has 0 spiro atoms. The van der Waals surface area contributed by atoms with Gasteiger partial charge in [-0.05, 0) is 39.2 Å². The third-order valence-electron chi connectivity index (χ3n) is 4.38. The summed E-state index contributed by atoms with van der Waals surface area (Å²) in [4.78, 5) is 48.7. The molecule has 0 aromatic rings. The summed E-state index contributed by atoms with van der Waals surface area (Å²) >= 11 is 0. The third-order valence-corrected chi connectivity index (χ3v) is 4.38. The molecule has 8 heteroatoms. The van der Waals surface area contributed by atoms with Crippen molar-refractivity contribution in [3.63, 3.8) is 0 Å². The molecular formula is C16H26N4O4. The maximum atomic E-state index is 12.5. The molecule has 0 aromatic heterocycles. The van der Waals surface area contributed by atoms with E-state index in [1.54, 1.807) is 4.90 Å². The minimum Gasteiger partial charge on any atom is -0.354 e. The topological polar surface area (TPSA) is 108 Å². The van der Waals surface area contributed by atoms with E-state index in [0.29, 0.717) is 13.0 Å². The molecule has 2 rings (SSSR count). The Morgan fingerprint density at radius 1 is 1.12 bits per heavy atom. The fourth-order valence-corrected chi connectivity index (χ4v) is 3.13. The van der Waals surface area contributed by atoms with Crippen LogP contribution in [0.3, 0.4) is 0 Å². The van der Waals surface area contributed by atoms with Crippen LogP contribution in [0.25, 0.3) is 0 Å². The van der Waals surface area contributed by atoms with E-state index in [4.69, 9.17) is 0 Å². The van der Waals surface area contributed by atoms with Gasteiger partial charge in [0.1, 0.15) is 11.8 Å². The molecule has 134 valence electrons. The van der Waals surface area contributed by atoms with Gasteiger partial charge in [0.25, 0.3) is 0 Å². The van der Waals surface area contributed by atoms with Crippen molar-refractivity contribution in [2.24, 2.45) is 0 Å². The third kappa shape index (κ3) is 5.02. The standard InChI is InChI=1S/C16H26N4O4/c1-11(21)10-19-14(22)6-8-18-15(23)13-5-3-9-20(13)16(24)12-4-2-7-17-12/h12-13,17H,2-10H2,1H3,(H,18,23)(H,19,22)/t12-,13+/m1/s1.